The van der Waals surface area contributed by atoms with Crippen LogP contribution in [0.5, 0.6) is 11.6 Å². The number of hydrogen-bond acceptors (Lipinski definition) is 4. The summed E-state index contributed by atoms with van der Waals surface area (Å²) in [7, 11) is 0. The van der Waals surface area contributed by atoms with Gasteiger partial charge in [-0.3, -0.25) is 0 Å². The summed E-state index contributed by atoms with van der Waals surface area (Å²) in [5.74, 6) is 2.99. The summed E-state index contributed by atoms with van der Waals surface area (Å²) in [6.45, 7) is 0.378. The van der Waals surface area contributed by atoms with Crippen LogP contribution in [0.25, 0.3) is 0 Å². The summed E-state index contributed by atoms with van der Waals surface area (Å²) in [6, 6.07) is 17.1. The molecule has 0 spiro atoms. The van der Waals surface area contributed by atoms with Crippen molar-refractivity contribution in [1.82, 2.24) is 4.98 Å². The number of alkyl halides is 3. The van der Waals surface area contributed by atoms with E-state index >= 15 is 0 Å². The molecule has 1 aromatic heterocycles. The second kappa shape index (κ2) is 10.6. The summed E-state index contributed by atoms with van der Waals surface area (Å²) in [4.78, 5) is 12.9. The predicted molar refractivity (Wildman–Crippen MR) is 103 cm³/mol. The molecule has 0 saturated carbocycles. The van der Waals surface area contributed by atoms with Crippen molar-refractivity contribution in [2.24, 2.45) is 0 Å². The molecule has 0 fully saturated rings. The Hall–Kier alpha value is -4.06. The number of rotatable bonds is 3. The van der Waals surface area contributed by atoms with Gasteiger partial charge in [-0.1, -0.05) is 42.2 Å². The Balaban J connectivity index is 0.000000423. The Morgan fingerprint density at radius 1 is 1.03 bits per heavy atom. The minimum absolute atomic E-state index is 0.0309. The fourth-order valence-corrected chi connectivity index (χ4v) is 2.01. The molecule has 0 aliphatic heterocycles. The fraction of sp³-hybridized carbons (Fsp3) is 0.0909. The Morgan fingerprint density at radius 3 is 2.23 bits per heavy atom. The maximum Gasteiger partial charge on any atom is 0.490 e. The number of aromatic nitrogens is 1. The van der Waals surface area contributed by atoms with Crippen LogP contribution in [0.15, 0.2) is 66.9 Å². The van der Waals surface area contributed by atoms with E-state index in [4.69, 9.17) is 14.6 Å². The van der Waals surface area contributed by atoms with E-state index in [9.17, 15) is 22.7 Å². The first-order valence-electron chi connectivity index (χ1n) is 8.58. The average Bonchev–Trinajstić information content (AvgIpc) is 2.74. The quantitative estimate of drug-likeness (QED) is 0.469. The van der Waals surface area contributed by atoms with Crippen molar-refractivity contribution < 1.29 is 37.3 Å². The number of ether oxygens (including phenoxy) is 1. The lowest BCUT2D eigenvalue weighted by Gasteiger charge is -2.06. The third kappa shape index (κ3) is 8.06. The minimum Gasteiger partial charge on any atom is -0.505 e. The van der Waals surface area contributed by atoms with Crippen LogP contribution in [-0.4, -0.2) is 27.3 Å². The van der Waals surface area contributed by atoms with Gasteiger partial charge >= 0.3 is 12.1 Å². The molecule has 0 aliphatic carbocycles. The van der Waals surface area contributed by atoms with Gasteiger partial charge in [-0.15, -0.1) is 0 Å². The molecule has 3 rings (SSSR count). The Morgan fingerprint density at radius 2 is 1.65 bits per heavy atom. The van der Waals surface area contributed by atoms with E-state index in [1.165, 1.54) is 18.3 Å². The molecule has 0 atom stereocenters. The van der Waals surface area contributed by atoms with Gasteiger partial charge in [0.15, 0.2) is 0 Å². The van der Waals surface area contributed by atoms with E-state index in [1.807, 2.05) is 30.3 Å². The predicted octanol–water partition coefficient (Wildman–Crippen LogP) is 4.54. The highest BCUT2D eigenvalue weighted by molar-refractivity contribution is 5.73. The van der Waals surface area contributed by atoms with Gasteiger partial charge in [0.2, 0.25) is 5.88 Å². The van der Waals surface area contributed by atoms with E-state index < -0.39 is 12.1 Å². The Bertz CT molecular complexity index is 1070. The van der Waals surface area contributed by atoms with Crippen LogP contribution in [0, 0.1) is 17.7 Å². The largest absolute Gasteiger partial charge is 0.505 e. The number of carboxylic acids is 1. The number of aromatic hydroxyl groups is 1. The number of pyridine rings is 1. The van der Waals surface area contributed by atoms with Crippen molar-refractivity contribution in [3.8, 4) is 23.5 Å². The molecule has 0 amide bonds. The normalized spacial score (nSPS) is 10.2. The van der Waals surface area contributed by atoms with Crippen LogP contribution in [0.3, 0.4) is 0 Å². The number of halogens is 4. The number of hydrogen-bond donors (Lipinski definition) is 2. The standard InChI is InChI=1S/C20H14FNO2.C2HF3O2/c21-18-10-7-15(8-11-18)6-9-17-12-20(22-13-19(17)23)24-14-16-4-2-1-3-5-16;3-2(4,5)1(6)7/h1-5,7-8,10-13,23H,14H2;(H,6,7). The van der Waals surface area contributed by atoms with Gasteiger partial charge in [0, 0.05) is 11.6 Å². The summed E-state index contributed by atoms with van der Waals surface area (Å²) in [5, 5.41) is 17.0. The average molecular weight is 433 g/mol. The van der Waals surface area contributed by atoms with E-state index in [2.05, 4.69) is 16.8 Å². The van der Waals surface area contributed by atoms with E-state index in [0.717, 1.165) is 5.56 Å². The molecule has 1 heterocycles. The molecule has 3 aromatic rings. The number of aliphatic carboxylic acids is 1. The first-order valence-corrected chi connectivity index (χ1v) is 8.58. The van der Waals surface area contributed by atoms with Gasteiger partial charge in [-0.25, -0.2) is 14.2 Å². The molecule has 2 N–H and O–H groups in total. The molecule has 0 saturated heterocycles. The molecule has 5 nitrogen and oxygen atoms in total. The summed E-state index contributed by atoms with van der Waals surface area (Å²) < 4.78 is 50.2. The second-order valence-corrected chi connectivity index (χ2v) is 5.87. The Kier molecular flexibility index (Phi) is 7.97. The highest BCUT2D eigenvalue weighted by atomic mass is 19.4. The van der Waals surface area contributed by atoms with E-state index in [1.54, 1.807) is 18.2 Å². The zero-order valence-corrected chi connectivity index (χ0v) is 15.7. The SMILES string of the molecule is O=C(O)C(F)(F)F.Oc1cnc(OCc2ccccc2)cc1C#Cc1ccc(F)cc1. The smallest absolute Gasteiger partial charge is 0.490 e. The third-order valence-corrected chi connectivity index (χ3v) is 3.52. The van der Waals surface area contributed by atoms with Crippen LogP contribution in [0.4, 0.5) is 17.6 Å². The first-order chi connectivity index (χ1) is 14.6. The molecular formula is C22H15F4NO4. The van der Waals surface area contributed by atoms with E-state index in [0.29, 0.717) is 23.6 Å². The molecule has 0 unspecified atom stereocenters. The summed E-state index contributed by atoms with van der Waals surface area (Å²) in [5.41, 5.74) is 2.07. The van der Waals surface area contributed by atoms with Crippen LogP contribution >= 0.6 is 0 Å². The molecular weight excluding hydrogens is 418 g/mol. The molecule has 0 radical (unpaired) electrons. The number of benzene rings is 2. The van der Waals surface area contributed by atoms with Crippen LogP contribution in [-0.2, 0) is 11.4 Å². The lowest BCUT2D eigenvalue weighted by atomic mass is 10.2. The zero-order chi connectivity index (χ0) is 22.9. The molecule has 9 heteroatoms. The van der Waals surface area contributed by atoms with E-state index in [-0.39, 0.29) is 11.6 Å². The van der Waals surface area contributed by atoms with Crippen LogP contribution in [0.1, 0.15) is 16.7 Å². The van der Waals surface area contributed by atoms with Crippen LogP contribution < -0.4 is 4.74 Å². The van der Waals surface area contributed by atoms with Crippen molar-refractivity contribution in [3.63, 3.8) is 0 Å². The van der Waals surface area contributed by atoms with Gasteiger partial charge in [-0.2, -0.15) is 13.2 Å². The maximum absolute atomic E-state index is 12.9. The van der Waals surface area contributed by atoms with Gasteiger partial charge in [0.05, 0.1) is 11.8 Å². The molecule has 160 valence electrons. The van der Waals surface area contributed by atoms with Crippen molar-refractivity contribution in [3.05, 3.63) is 89.4 Å². The molecule has 31 heavy (non-hydrogen) atoms. The maximum atomic E-state index is 12.9. The monoisotopic (exact) mass is 433 g/mol. The van der Waals surface area contributed by atoms with Crippen molar-refractivity contribution in [1.29, 1.82) is 0 Å². The van der Waals surface area contributed by atoms with Gasteiger partial charge in [-0.05, 0) is 29.8 Å². The molecule has 2 aromatic carbocycles. The summed E-state index contributed by atoms with van der Waals surface area (Å²) in [6.07, 6.45) is -3.78. The summed E-state index contributed by atoms with van der Waals surface area (Å²) >= 11 is 0. The lowest BCUT2D eigenvalue weighted by molar-refractivity contribution is -0.192. The Labute approximate surface area is 174 Å². The van der Waals surface area contributed by atoms with Crippen molar-refractivity contribution in [2.75, 3.05) is 0 Å². The lowest BCUT2D eigenvalue weighted by Crippen LogP contribution is -2.21. The highest BCUT2D eigenvalue weighted by Crippen LogP contribution is 2.20. The second-order valence-electron chi connectivity index (χ2n) is 5.87. The van der Waals surface area contributed by atoms with Gasteiger partial charge < -0.3 is 14.9 Å². The van der Waals surface area contributed by atoms with Crippen LogP contribution in [0.2, 0.25) is 0 Å². The highest BCUT2D eigenvalue weighted by Gasteiger charge is 2.38. The van der Waals surface area contributed by atoms with Crippen molar-refractivity contribution >= 4 is 5.97 Å². The minimum atomic E-state index is -5.08. The van der Waals surface area contributed by atoms with Crippen molar-refractivity contribution in [2.45, 2.75) is 12.8 Å². The number of carbonyl (C=O) groups is 1. The zero-order valence-electron chi connectivity index (χ0n) is 15.7. The molecule has 0 aliphatic rings. The third-order valence-electron chi connectivity index (χ3n) is 3.52. The van der Waals surface area contributed by atoms with Gasteiger partial charge in [0.1, 0.15) is 18.2 Å². The molecule has 0 bridgehead atoms. The fourth-order valence-electron chi connectivity index (χ4n) is 2.01. The van der Waals surface area contributed by atoms with Gasteiger partial charge in [0.25, 0.3) is 0 Å². The first kappa shape index (κ1) is 23.2. The topological polar surface area (TPSA) is 79.7 Å². The number of carboxylic acid groups (broad SMARTS) is 1. The number of nitrogens with zero attached hydrogens (tertiary/aromatic N) is 1.